The van der Waals surface area contributed by atoms with Crippen LogP contribution in [0.3, 0.4) is 0 Å². The third-order valence-electron chi connectivity index (χ3n) is 2.12. The highest BCUT2D eigenvalue weighted by molar-refractivity contribution is 5.85. The summed E-state index contributed by atoms with van der Waals surface area (Å²) < 4.78 is 1.54. The van der Waals surface area contributed by atoms with Gasteiger partial charge in [0.15, 0.2) is 23.6 Å². The van der Waals surface area contributed by atoms with E-state index in [4.69, 9.17) is 0 Å². The minimum Gasteiger partial charge on any atom is -0.504 e. The molecular weight excluding hydrogens is 184 g/mol. The number of phenols is 2. The smallest absolute Gasteiger partial charge is 0.185 e. The molecule has 5 nitrogen and oxygen atoms in total. The lowest BCUT2D eigenvalue weighted by atomic mass is 10.3. The summed E-state index contributed by atoms with van der Waals surface area (Å²) in [6.45, 7) is 0. The monoisotopic (exact) mass is 192 g/mol. The molecular formula is C9H8N2O3. The van der Waals surface area contributed by atoms with Gasteiger partial charge in [0, 0.05) is 19.2 Å². The molecule has 0 atom stereocenters. The second-order valence-electron chi connectivity index (χ2n) is 2.98. The molecule has 0 aliphatic carbocycles. The average molecular weight is 192 g/mol. The van der Waals surface area contributed by atoms with Crippen molar-refractivity contribution in [1.82, 2.24) is 9.55 Å². The Morgan fingerprint density at radius 2 is 2.00 bits per heavy atom. The number of rotatable bonds is 1. The van der Waals surface area contributed by atoms with Crippen LogP contribution in [0.25, 0.3) is 11.0 Å². The molecule has 1 aromatic carbocycles. The van der Waals surface area contributed by atoms with Crippen molar-refractivity contribution < 1.29 is 15.0 Å². The van der Waals surface area contributed by atoms with Gasteiger partial charge in [-0.15, -0.1) is 0 Å². The lowest BCUT2D eigenvalue weighted by Crippen LogP contribution is -1.94. The van der Waals surface area contributed by atoms with Gasteiger partial charge in [-0.2, -0.15) is 0 Å². The third kappa shape index (κ3) is 1.02. The van der Waals surface area contributed by atoms with Gasteiger partial charge >= 0.3 is 0 Å². The van der Waals surface area contributed by atoms with E-state index in [0.717, 1.165) is 0 Å². The number of nitrogens with zero attached hydrogens (tertiary/aromatic N) is 2. The quantitative estimate of drug-likeness (QED) is 0.517. The number of phenolic OH excluding ortho intramolecular Hbond substituents is 2. The summed E-state index contributed by atoms with van der Waals surface area (Å²) in [5.41, 5.74) is 1.08. The number of fused-ring (bicyclic) bond motifs is 1. The molecule has 2 aromatic rings. The number of aldehydes is 1. The molecule has 1 heterocycles. The van der Waals surface area contributed by atoms with E-state index in [1.165, 1.54) is 12.1 Å². The van der Waals surface area contributed by atoms with Gasteiger partial charge in [-0.1, -0.05) is 0 Å². The Bertz CT molecular complexity index is 516. The molecule has 0 aliphatic heterocycles. The van der Waals surface area contributed by atoms with Crippen LogP contribution >= 0.6 is 0 Å². The SMILES string of the molecule is Cn1c(C=O)nc2cc(O)c(O)cc21. The summed E-state index contributed by atoms with van der Waals surface area (Å²) in [7, 11) is 1.66. The summed E-state index contributed by atoms with van der Waals surface area (Å²) in [5.74, 6) is -0.212. The van der Waals surface area contributed by atoms with Crippen molar-refractivity contribution >= 4 is 17.3 Å². The van der Waals surface area contributed by atoms with Gasteiger partial charge < -0.3 is 14.8 Å². The molecule has 1 aromatic heterocycles. The zero-order valence-corrected chi connectivity index (χ0v) is 7.43. The van der Waals surface area contributed by atoms with Crippen LogP contribution in [0.5, 0.6) is 11.5 Å². The molecule has 0 saturated carbocycles. The van der Waals surface area contributed by atoms with E-state index in [1.807, 2.05) is 0 Å². The topological polar surface area (TPSA) is 75.4 Å². The fourth-order valence-electron chi connectivity index (χ4n) is 1.34. The van der Waals surface area contributed by atoms with E-state index in [2.05, 4.69) is 4.98 Å². The largest absolute Gasteiger partial charge is 0.504 e. The number of carbonyl (C=O) groups is 1. The molecule has 5 heteroatoms. The molecule has 0 spiro atoms. The molecule has 72 valence electrons. The van der Waals surface area contributed by atoms with Crippen molar-refractivity contribution in [2.45, 2.75) is 0 Å². The van der Waals surface area contributed by atoms with E-state index in [9.17, 15) is 15.0 Å². The molecule has 0 fully saturated rings. The van der Waals surface area contributed by atoms with E-state index in [1.54, 1.807) is 11.6 Å². The number of carbonyl (C=O) groups excluding carboxylic acids is 1. The lowest BCUT2D eigenvalue weighted by molar-refractivity contribution is 0.111. The number of imidazole rings is 1. The Kier molecular flexibility index (Phi) is 1.67. The van der Waals surface area contributed by atoms with Crippen LogP contribution in [0.1, 0.15) is 10.6 Å². The molecule has 0 radical (unpaired) electrons. The number of hydrogen-bond donors (Lipinski definition) is 2. The van der Waals surface area contributed by atoms with Crippen LogP contribution in [-0.2, 0) is 7.05 Å². The molecule has 0 amide bonds. The first kappa shape index (κ1) is 8.55. The third-order valence-corrected chi connectivity index (χ3v) is 2.12. The van der Waals surface area contributed by atoms with E-state index < -0.39 is 0 Å². The maximum atomic E-state index is 10.6. The van der Waals surface area contributed by atoms with Gasteiger partial charge in [0.05, 0.1) is 11.0 Å². The summed E-state index contributed by atoms with van der Waals surface area (Å²) >= 11 is 0. The predicted octanol–water partition coefficient (Wildman–Crippen LogP) is 0.797. The maximum absolute atomic E-state index is 10.6. The Labute approximate surface area is 79.2 Å². The molecule has 0 saturated heterocycles. The Balaban J connectivity index is 2.86. The van der Waals surface area contributed by atoms with Crippen molar-refractivity contribution in [3.63, 3.8) is 0 Å². The van der Waals surface area contributed by atoms with Crippen LogP contribution < -0.4 is 0 Å². The number of aromatic hydroxyl groups is 2. The van der Waals surface area contributed by atoms with Gasteiger partial charge in [0.1, 0.15) is 0 Å². The van der Waals surface area contributed by atoms with Crippen molar-refractivity contribution in [3.8, 4) is 11.5 Å². The zero-order chi connectivity index (χ0) is 10.3. The van der Waals surface area contributed by atoms with E-state index in [0.29, 0.717) is 17.3 Å². The second kappa shape index (κ2) is 2.73. The second-order valence-corrected chi connectivity index (χ2v) is 2.98. The van der Waals surface area contributed by atoms with Crippen molar-refractivity contribution in [2.75, 3.05) is 0 Å². The van der Waals surface area contributed by atoms with E-state index in [-0.39, 0.29) is 17.3 Å². The number of benzene rings is 1. The first-order valence-corrected chi connectivity index (χ1v) is 3.97. The van der Waals surface area contributed by atoms with E-state index >= 15 is 0 Å². The summed E-state index contributed by atoms with van der Waals surface area (Å²) in [5, 5.41) is 18.4. The van der Waals surface area contributed by atoms with Crippen LogP contribution in [0.2, 0.25) is 0 Å². The zero-order valence-electron chi connectivity index (χ0n) is 7.43. The number of aromatic nitrogens is 2. The van der Waals surface area contributed by atoms with Crippen LogP contribution in [0, 0.1) is 0 Å². The van der Waals surface area contributed by atoms with Crippen LogP contribution in [-0.4, -0.2) is 26.1 Å². The Hall–Kier alpha value is -2.04. The molecule has 2 rings (SSSR count). The van der Waals surface area contributed by atoms with Gasteiger partial charge in [0.2, 0.25) is 0 Å². The average Bonchev–Trinajstić information content (AvgIpc) is 2.45. The molecule has 14 heavy (non-hydrogen) atoms. The van der Waals surface area contributed by atoms with Crippen LogP contribution in [0.15, 0.2) is 12.1 Å². The minimum absolute atomic E-state index is 0.224. The van der Waals surface area contributed by atoms with Crippen molar-refractivity contribution in [1.29, 1.82) is 0 Å². The summed E-state index contributed by atoms with van der Waals surface area (Å²) in [4.78, 5) is 14.5. The van der Waals surface area contributed by atoms with Gasteiger partial charge in [-0.25, -0.2) is 4.98 Å². The summed E-state index contributed by atoms with van der Waals surface area (Å²) in [6.07, 6.45) is 0.619. The summed E-state index contributed by atoms with van der Waals surface area (Å²) in [6, 6.07) is 2.68. The first-order valence-electron chi connectivity index (χ1n) is 3.97. The Morgan fingerprint density at radius 3 is 2.64 bits per heavy atom. The Morgan fingerprint density at radius 1 is 1.36 bits per heavy atom. The minimum atomic E-state index is -0.243. The maximum Gasteiger partial charge on any atom is 0.185 e. The normalized spacial score (nSPS) is 10.6. The highest BCUT2D eigenvalue weighted by atomic mass is 16.3. The first-order chi connectivity index (χ1) is 6.63. The standard InChI is InChI=1S/C9H8N2O3/c1-11-6-3-8(14)7(13)2-5(6)10-9(11)4-12/h2-4,13-14H,1H3. The number of aryl methyl sites for hydroxylation is 1. The van der Waals surface area contributed by atoms with Gasteiger partial charge in [-0.05, 0) is 0 Å². The molecule has 0 bridgehead atoms. The molecule has 0 aliphatic rings. The van der Waals surface area contributed by atoms with Gasteiger partial charge in [0.25, 0.3) is 0 Å². The predicted molar refractivity (Wildman–Crippen MR) is 49.4 cm³/mol. The highest BCUT2D eigenvalue weighted by Crippen LogP contribution is 2.29. The van der Waals surface area contributed by atoms with Crippen LogP contribution in [0.4, 0.5) is 0 Å². The lowest BCUT2D eigenvalue weighted by Gasteiger charge is -1.98. The number of hydrogen-bond acceptors (Lipinski definition) is 4. The van der Waals surface area contributed by atoms with Crippen molar-refractivity contribution in [3.05, 3.63) is 18.0 Å². The highest BCUT2D eigenvalue weighted by Gasteiger charge is 2.10. The fourth-order valence-corrected chi connectivity index (χ4v) is 1.34. The van der Waals surface area contributed by atoms with Crippen molar-refractivity contribution in [2.24, 2.45) is 7.05 Å². The van der Waals surface area contributed by atoms with Gasteiger partial charge in [-0.3, -0.25) is 4.79 Å². The fraction of sp³-hybridized carbons (Fsp3) is 0.111. The molecule has 2 N–H and O–H groups in total. The molecule has 0 unspecified atom stereocenters.